The van der Waals surface area contributed by atoms with Crippen LogP contribution in [-0.2, 0) is 0 Å². The van der Waals surface area contributed by atoms with Gasteiger partial charge in [-0.05, 0) is 10.3 Å². The molecule has 1 rings (SSSR count). The zero-order chi connectivity index (χ0) is 8.97. The average molecular weight is 171 g/mol. The smallest absolute Gasteiger partial charge is 0.362 e. The average Bonchev–Trinajstić information content (AvgIpc) is 2.48. The topological polar surface area (TPSA) is 127 Å². The molecule has 1 aromatic rings. The van der Waals surface area contributed by atoms with Gasteiger partial charge in [0.1, 0.15) is 6.34 Å². The third-order valence-corrected chi connectivity index (χ3v) is 0.935. The Morgan fingerprint density at radius 3 is 3.08 bits per heavy atom. The molecule has 0 aliphatic heterocycles. The number of hydrogen-bond donors (Lipinski definition) is 3. The first kappa shape index (κ1) is 8.14. The number of nitrogens with zero attached hydrogens (tertiary/aromatic N) is 3. The van der Waals surface area contributed by atoms with E-state index in [0.29, 0.717) is 0 Å². The Bertz CT molecular complexity index is 305. The summed E-state index contributed by atoms with van der Waals surface area (Å²) in [6, 6.07) is 0. The van der Waals surface area contributed by atoms with E-state index < -0.39 is 5.97 Å². The summed E-state index contributed by atoms with van der Waals surface area (Å²) in [5.74, 6) is 3.44. The van der Waals surface area contributed by atoms with Crippen molar-refractivity contribution in [2.45, 2.75) is 0 Å². The molecule has 0 unspecified atom stereocenters. The molecule has 0 aromatic carbocycles. The largest absolute Gasteiger partial charge is 0.476 e. The Balaban J connectivity index is 2.91. The quantitative estimate of drug-likeness (QED) is 0.228. The van der Waals surface area contributed by atoms with Crippen LogP contribution in [0, 0.1) is 0 Å². The fourth-order valence-electron chi connectivity index (χ4n) is 0.502. The molecule has 0 aliphatic carbocycles. The molecule has 8 heteroatoms. The van der Waals surface area contributed by atoms with Crippen LogP contribution in [0.25, 0.3) is 0 Å². The predicted molar refractivity (Wildman–Crippen MR) is 36.7 cm³/mol. The van der Waals surface area contributed by atoms with Gasteiger partial charge in [-0.3, -0.25) is 0 Å². The van der Waals surface area contributed by atoms with Crippen molar-refractivity contribution >= 4 is 18.1 Å². The van der Waals surface area contributed by atoms with Crippen molar-refractivity contribution in [1.29, 1.82) is 0 Å². The van der Waals surface area contributed by atoms with Crippen LogP contribution in [0.4, 0.5) is 5.82 Å². The maximum atomic E-state index is 10.4. The fraction of sp³-hybridized carbons (Fsp3) is 0. The normalized spacial score (nSPS) is 10.4. The van der Waals surface area contributed by atoms with E-state index in [1.165, 1.54) is 0 Å². The lowest BCUT2D eigenvalue weighted by molar-refractivity contribution is 0.0685. The number of hydrazine groups is 1. The van der Waals surface area contributed by atoms with Crippen molar-refractivity contribution in [1.82, 2.24) is 15.7 Å². The van der Waals surface area contributed by atoms with E-state index in [9.17, 15) is 4.79 Å². The highest BCUT2D eigenvalue weighted by atomic mass is 16.6. The monoisotopic (exact) mass is 171 g/mol. The van der Waals surface area contributed by atoms with Crippen LogP contribution in [-0.4, -0.2) is 27.7 Å². The van der Waals surface area contributed by atoms with Gasteiger partial charge in [-0.15, -0.1) is 0 Å². The maximum Gasteiger partial charge on any atom is 0.362 e. The molecule has 0 aliphatic rings. The van der Waals surface area contributed by atoms with Gasteiger partial charge in [0.05, 0.1) is 0 Å². The standard InChI is InChI=1S/C4H5N5O3/c5-7-1-6-3-2(4(10)11)8-12-9-3/h1H,5H2,(H,10,11)(H,6,7,9). The molecule has 1 aromatic heterocycles. The molecule has 64 valence electrons. The minimum atomic E-state index is -1.26. The van der Waals surface area contributed by atoms with Crippen LogP contribution < -0.4 is 11.3 Å². The zero-order valence-electron chi connectivity index (χ0n) is 5.76. The van der Waals surface area contributed by atoms with Crippen LogP contribution >= 0.6 is 0 Å². The fourth-order valence-corrected chi connectivity index (χ4v) is 0.502. The zero-order valence-corrected chi connectivity index (χ0v) is 5.76. The molecule has 0 radical (unpaired) electrons. The molecule has 12 heavy (non-hydrogen) atoms. The van der Waals surface area contributed by atoms with Gasteiger partial charge < -0.3 is 10.5 Å². The molecule has 0 spiro atoms. The Morgan fingerprint density at radius 1 is 1.75 bits per heavy atom. The van der Waals surface area contributed by atoms with Crippen molar-refractivity contribution < 1.29 is 14.5 Å². The number of aliphatic imine (C=N–C) groups is 1. The van der Waals surface area contributed by atoms with Crippen LogP contribution in [0.3, 0.4) is 0 Å². The lowest BCUT2D eigenvalue weighted by Crippen LogP contribution is -2.18. The van der Waals surface area contributed by atoms with E-state index in [2.05, 4.69) is 25.4 Å². The minimum Gasteiger partial charge on any atom is -0.476 e. The molecular weight excluding hydrogens is 166 g/mol. The second kappa shape index (κ2) is 3.44. The summed E-state index contributed by atoms with van der Waals surface area (Å²) in [5, 5.41) is 14.8. The number of carboxylic acids is 1. The predicted octanol–water partition coefficient (Wildman–Crippen LogP) is -1.11. The third kappa shape index (κ3) is 1.55. The number of hydrogen-bond acceptors (Lipinski definition) is 6. The summed E-state index contributed by atoms with van der Waals surface area (Å²) in [4.78, 5) is 13.9. The molecule has 0 atom stereocenters. The number of nitrogens with two attached hydrogens (primary N) is 1. The minimum absolute atomic E-state index is 0.138. The van der Waals surface area contributed by atoms with Gasteiger partial charge >= 0.3 is 5.97 Å². The second-order valence-corrected chi connectivity index (χ2v) is 1.67. The number of nitrogens with one attached hydrogen (secondary N) is 1. The number of carbonyl (C=O) groups is 1. The SMILES string of the molecule is NNC=Nc1nonc1C(=O)O. The van der Waals surface area contributed by atoms with Crippen LogP contribution in [0.5, 0.6) is 0 Å². The Labute approximate surface area is 66.0 Å². The summed E-state index contributed by atoms with van der Waals surface area (Å²) >= 11 is 0. The van der Waals surface area contributed by atoms with Crippen LogP contribution in [0.2, 0.25) is 0 Å². The lowest BCUT2D eigenvalue weighted by Gasteiger charge is -1.85. The van der Waals surface area contributed by atoms with Gasteiger partial charge in [-0.2, -0.15) is 0 Å². The molecule has 0 amide bonds. The van der Waals surface area contributed by atoms with Crippen molar-refractivity contribution in [3.8, 4) is 0 Å². The van der Waals surface area contributed by atoms with Gasteiger partial charge in [-0.25, -0.2) is 20.3 Å². The summed E-state index contributed by atoms with van der Waals surface area (Å²) in [7, 11) is 0. The first-order chi connectivity index (χ1) is 5.75. The maximum absolute atomic E-state index is 10.4. The van der Waals surface area contributed by atoms with Crippen molar-refractivity contribution in [2.24, 2.45) is 10.8 Å². The Kier molecular flexibility index (Phi) is 2.33. The molecule has 4 N–H and O–H groups in total. The molecule has 0 fully saturated rings. The van der Waals surface area contributed by atoms with E-state index in [1.54, 1.807) is 0 Å². The van der Waals surface area contributed by atoms with Crippen molar-refractivity contribution in [2.75, 3.05) is 0 Å². The Morgan fingerprint density at radius 2 is 2.50 bits per heavy atom. The van der Waals surface area contributed by atoms with Gasteiger partial charge in [0.25, 0.3) is 0 Å². The highest BCUT2D eigenvalue weighted by molar-refractivity contribution is 5.90. The van der Waals surface area contributed by atoms with Crippen molar-refractivity contribution in [3.05, 3.63) is 5.69 Å². The number of carboxylic acid groups (broad SMARTS) is 1. The molecule has 8 nitrogen and oxygen atoms in total. The lowest BCUT2D eigenvalue weighted by atomic mass is 10.4. The van der Waals surface area contributed by atoms with Gasteiger partial charge in [-0.1, -0.05) is 0 Å². The van der Waals surface area contributed by atoms with E-state index >= 15 is 0 Å². The van der Waals surface area contributed by atoms with Crippen LogP contribution in [0.1, 0.15) is 10.5 Å². The molecule has 1 heterocycles. The van der Waals surface area contributed by atoms with E-state index in [-0.39, 0.29) is 11.5 Å². The van der Waals surface area contributed by atoms with Gasteiger partial charge in [0, 0.05) is 0 Å². The number of aromatic carboxylic acids is 1. The molecule has 0 saturated heterocycles. The van der Waals surface area contributed by atoms with Crippen molar-refractivity contribution in [3.63, 3.8) is 0 Å². The van der Waals surface area contributed by atoms with Gasteiger partial charge in [0.2, 0.25) is 11.5 Å². The summed E-state index contributed by atoms with van der Waals surface area (Å²) in [5.41, 5.74) is 1.72. The first-order valence-electron chi connectivity index (χ1n) is 2.80. The highest BCUT2D eigenvalue weighted by Gasteiger charge is 2.15. The second-order valence-electron chi connectivity index (χ2n) is 1.67. The molecular formula is C4H5N5O3. The molecule has 0 saturated carbocycles. The summed E-state index contributed by atoms with van der Waals surface area (Å²) < 4.78 is 4.14. The van der Waals surface area contributed by atoms with Crippen LogP contribution in [0.15, 0.2) is 9.62 Å². The van der Waals surface area contributed by atoms with E-state index in [0.717, 1.165) is 6.34 Å². The summed E-state index contributed by atoms with van der Waals surface area (Å²) in [6.45, 7) is 0. The highest BCUT2D eigenvalue weighted by Crippen LogP contribution is 2.11. The first-order valence-corrected chi connectivity index (χ1v) is 2.80. The number of rotatable bonds is 3. The molecule has 0 bridgehead atoms. The number of aromatic nitrogens is 2. The van der Waals surface area contributed by atoms with E-state index in [4.69, 9.17) is 10.9 Å². The Hall–Kier alpha value is -1.96. The van der Waals surface area contributed by atoms with E-state index in [1.807, 2.05) is 0 Å². The van der Waals surface area contributed by atoms with Gasteiger partial charge in [0.15, 0.2) is 0 Å². The third-order valence-electron chi connectivity index (χ3n) is 0.935. The summed E-state index contributed by atoms with van der Waals surface area (Å²) in [6.07, 6.45) is 1.06.